The van der Waals surface area contributed by atoms with Crippen molar-refractivity contribution in [1.29, 1.82) is 0 Å². The fraction of sp³-hybridized carbons (Fsp3) is 0.562. The highest BCUT2D eigenvalue weighted by molar-refractivity contribution is 9.10. The van der Waals surface area contributed by atoms with E-state index < -0.39 is 0 Å². The molecule has 1 saturated carbocycles. The molecule has 0 heterocycles. The topological polar surface area (TPSA) is 46.3 Å². The lowest BCUT2D eigenvalue weighted by molar-refractivity contribution is -0.135. The molecule has 2 unspecified atom stereocenters. The van der Waals surface area contributed by atoms with E-state index in [-0.39, 0.29) is 17.9 Å². The van der Waals surface area contributed by atoms with Crippen molar-refractivity contribution in [3.8, 4) is 0 Å². The van der Waals surface area contributed by atoms with Crippen molar-refractivity contribution in [2.75, 3.05) is 0 Å². The summed E-state index contributed by atoms with van der Waals surface area (Å²) in [5.41, 5.74) is 7.27. The van der Waals surface area contributed by atoms with Gasteiger partial charge in [-0.25, -0.2) is 0 Å². The van der Waals surface area contributed by atoms with Crippen LogP contribution in [0.25, 0.3) is 0 Å². The van der Waals surface area contributed by atoms with E-state index in [1.165, 1.54) is 0 Å². The Bertz CT molecular complexity index is 473. The molecule has 0 radical (unpaired) electrons. The summed E-state index contributed by atoms with van der Waals surface area (Å²) in [6.07, 6.45) is 3.13. The van der Waals surface area contributed by atoms with Gasteiger partial charge in [-0.2, -0.15) is 0 Å². The molecule has 110 valence electrons. The van der Waals surface area contributed by atoms with Gasteiger partial charge in [-0.05, 0) is 30.4 Å². The van der Waals surface area contributed by atoms with Crippen molar-refractivity contribution < 1.29 is 4.79 Å². The Morgan fingerprint density at radius 3 is 2.65 bits per heavy atom. The van der Waals surface area contributed by atoms with Gasteiger partial charge in [0.15, 0.2) is 0 Å². The minimum atomic E-state index is -0.386. The summed E-state index contributed by atoms with van der Waals surface area (Å²) in [5.74, 6) is 0.320. The van der Waals surface area contributed by atoms with E-state index in [2.05, 4.69) is 28.9 Å². The van der Waals surface area contributed by atoms with Crippen LogP contribution >= 0.6 is 15.9 Å². The fourth-order valence-corrected chi connectivity index (χ4v) is 2.68. The third kappa shape index (κ3) is 3.61. The molecule has 1 fully saturated rings. The van der Waals surface area contributed by atoms with Crippen LogP contribution in [0, 0.1) is 5.92 Å². The van der Waals surface area contributed by atoms with Gasteiger partial charge in [-0.3, -0.25) is 4.79 Å². The summed E-state index contributed by atoms with van der Waals surface area (Å²) in [6.45, 7) is 4.77. The SMILES string of the molecule is CCC(C)C(N)C(=O)N(Cc1ccccc1Br)C1CC1. The molecule has 0 bridgehead atoms. The zero-order chi connectivity index (χ0) is 14.7. The second kappa shape index (κ2) is 6.72. The van der Waals surface area contributed by atoms with E-state index in [9.17, 15) is 4.79 Å². The second-order valence-electron chi connectivity index (χ2n) is 5.70. The van der Waals surface area contributed by atoms with Crippen LogP contribution in [0.5, 0.6) is 0 Å². The third-order valence-electron chi connectivity index (χ3n) is 4.11. The Kier molecular flexibility index (Phi) is 5.22. The van der Waals surface area contributed by atoms with Gasteiger partial charge >= 0.3 is 0 Å². The number of hydrogen-bond acceptors (Lipinski definition) is 2. The van der Waals surface area contributed by atoms with Crippen molar-refractivity contribution >= 4 is 21.8 Å². The van der Waals surface area contributed by atoms with Crippen LogP contribution in [0.1, 0.15) is 38.7 Å². The molecular formula is C16H23BrN2O. The largest absolute Gasteiger partial charge is 0.334 e. The smallest absolute Gasteiger partial charge is 0.240 e. The maximum Gasteiger partial charge on any atom is 0.240 e. The monoisotopic (exact) mass is 338 g/mol. The number of nitrogens with two attached hydrogens (primary N) is 1. The maximum absolute atomic E-state index is 12.6. The van der Waals surface area contributed by atoms with Gasteiger partial charge in [-0.15, -0.1) is 0 Å². The Balaban J connectivity index is 2.12. The summed E-state index contributed by atoms with van der Waals surface area (Å²) in [7, 11) is 0. The van der Waals surface area contributed by atoms with Gasteiger partial charge in [0.1, 0.15) is 0 Å². The maximum atomic E-state index is 12.6. The molecule has 1 aromatic carbocycles. The normalized spacial score (nSPS) is 17.6. The first kappa shape index (κ1) is 15.5. The predicted octanol–water partition coefficient (Wildman–Crippen LogP) is 3.31. The van der Waals surface area contributed by atoms with Crippen LogP contribution in [0.4, 0.5) is 0 Å². The quantitative estimate of drug-likeness (QED) is 0.864. The first-order valence-corrected chi connectivity index (χ1v) is 8.13. The minimum absolute atomic E-state index is 0.0950. The summed E-state index contributed by atoms with van der Waals surface area (Å²) < 4.78 is 1.05. The highest BCUT2D eigenvalue weighted by Gasteiger charge is 2.36. The van der Waals surface area contributed by atoms with Crippen molar-refractivity contribution in [2.24, 2.45) is 11.7 Å². The van der Waals surface area contributed by atoms with Crippen LogP contribution in [0.3, 0.4) is 0 Å². The van der Waals surface area contributed by atoms with Gasteiger partial charge in [0, 0.05) is 17.1 Å². The summed E-state index contributed by atoms with van der Waals surface area (Å²) in [6, 6.07) is 8.06. The number of carbonyl (C=O) groups excluding carboxylic acids is 1. The molecule has 2 rings (SSSR count). The van der Waals surface area contributed by atoms with E-state index in [4.69, 9.17) is 5.73 Å². The second-order valence-corrected chi connectivity index (χ2v) is 6.55. The molecule has 0 saturated heterocycles. The number of carbonyl (C=O) groups is 1. The number of benzene rings is 1. The molecular weight excluding hydrogens is 316 g/mol. The zero-order valence-electron chi connectivity index (χ0n) is 12.2. The van der Waals surface area contributed by atoms with Gasteiger partial charge in [-0.1, -0.05) is 54.4 Å². The molecule has 0 aliphatic heterocycles. The molecule has 1 amide bonds. The van der Waals surface area contributed by atoms with Gasteiger partial charge < -0.3 is 10.6 Å². The first-order valence-electron chi connectivity index (χ1n) is 7.34. The molecule has 1 aliphatic rings. The number of nitrogens with zero attached hydrogens (tertiary/aromatic N) is 1. The average molecular weight is 339 g/mol. The molecule has 3 nitrogen and oxygen atoms in total. The zero-order valence-corrected chi connectivity index (χ0v) is 13.8. The lowest BCUT2D eigenvalue weighted by atomic mass is 9.98. The van der Waals surface area contributed by atoms with E-state index in [0.29, 0.717) is 12.6 Å². The Morgan fingerprint density at radius 2 is 2.10 bits per heavy atom. The van der Waals surface area contributed by atoms with Crippen LogP contribution in [0.15, 0.2) is 28.7 Å². The van der Waals surface area contributed by atoms with Crippen LogP contribution in [-0.2, 0) is 11.3 Å². The molecule has 1 aliphatic carbocycles. The lowest BCUT2D eigenvalue weighted by Crippen LogP contribution is -2.47. The molecule has 2 N–H and O–H groups in total. The lowest BCUT2D eigenvalue weighted by Gasteiger charge is -2.28. The van der Waals surface area contributed by atoms with Crippen molar-refractivity contribution in [2.45, 2.75) is 51.7 Å². The molecule has 20 heavy (non-hydrogen) atoms. The number of hydrogen-bond donors (Lipinski definition) is 1. The van der Waals surface area contributed by atoms with Crippen LogP contribution in [-0.4, -0.2) is 22.9 Å². The van der Waals surface area contributed by atoms with E-state index in [1.54, 1.807) is 0 Å². The predicted molar refractivity (Wildman–Crippen MR) is 85.1 cm³/mol. The number of rotatable bonds is 6. The standard InChI is InChI=1S/C16H23BrN2O/c1-3-11(2)15(18)16(20)19(13-8-9-13)10-12-6-4-5-7-14(12)17/h4-7,11,13,15H,3,8-10,18H2,1-2H3. The van der Waals surface area contributed by atoms with Crippen LogP contribution in [0.2, 0.25) is 0 Å². The molecule has 2 atom stereocenters. The average Bonchev–Trinajstić information content (AvgIpc) is 3.28. The molecule has 4 heteroatoms. The molecule has 1 aromatic rings. The Hall–Kier alpha value is -0.870. The van der Waals surface area contributed by atoms with Crippen molar-refractivity contribution in [3.05, 3.63) is 34.3 Å². The highest BCUT2D eigenvalue weighted by Crippen LogP contribution is 2.31. The van der Waals surface area contributed by atoms with E-state index >= 15 is 0 Å². The molecule has 0 spiro atoms. The number of halogens is 1. The third-order valence-corrected chi connectivity index (χ3v) is 4.89. The Morgan fingerprint density at radius 1 is 1.45 bits per heavy atom. The molecule has 0 aromatic heterocycles. The Labute approximate surface area is 129 Å². The fourth-order valence-electron chi connectivity index (χ4n) is 2.27. The van der Waals surface area contributed by atoms with Gasteiger partial charge in [0.05, 0.1) is 6.04 Å². The van der Waals surface area contributed by atoms with E-state index in [1.807, 2.05) is 30.0 Å². The highest BCUT2D eigenvalue weighted by atomic mass is 79.9. The first-order chi connectivity index (χ1) is 9.54. The van der Waals surface area contributed by atoms with Crippen LogP contribution < -0.4 is 5.73 Å². The summed E-state index contributed by atoms with van der Waals surface area (Å²) in [4.78, 5) is 14.6. The van der Waals surface area contributed by atoms with Crippen molar-refractivity contribution in [1.82, 2.24) is 4.90 Å². The van der Waals surface area contributed by atoms with Gasteiger partial charge in [0.25, 0.3) is 0 Å². The van der Waals surface area contributed by atoms with Crippen molar-refractivity contribution in [3.63, 3.8) is 0 Å². The van der Waals surface area contributed by atoms with E-state index in [0.717, 1.165) is 29.3 Å². The summed E-state index contributed by atoms with van der Waals surface area (Å²) in [5, 5.41) is 0. The van der Waals surface area contributed by atoms with Gasteiger partial charge in [0.2, 0.25) is 5.91 Å². The number of amides is 1. The minimum Gasteiger partial charge on any atom is -0.334 e. The summed E-state index contributed by atoms with van der Waals surface area (Å²) >= 11 is 3.55.